The van der Waals surface area contributed by atoms with E-state index in [0.29, 0.717) is 5.82 Å². The van der Waals surface area contributed by atoms with Gasteiger partial charge in [-0.25, -0.2) is 9.97 Å². The fourth-order valence-corrected chi connectivity index (χ4v) is 1.92. The molecular formula is C13H12N6O. The molecule has 100 valence electrons. The fraction of sp³-hybridized carbons (Fsp3) is 0.0769. The van der Waals surface area contributed by atoms with Crippen LogP contribution in [-0.4, -0.2) is 25.7 Å². The molecule has 3 rings (SSSR count). The van der Waals surface area contributed by atoms with Gasteiger partial charge in [-0.15, -0.1) is 0 Å². The van der Waals surface area contributed by atoms with Crippen molar-refractivity contribution in [2.45, 2.75) is 6.54 Å². The van der Waals surface area contributed by atoms with Crippen LogP contribution in [0.25, 0.3) is 10.9 Å². The third-order valence-corrected chi connectivity index (χ3v) is 2.76. The highest BCUT2D eigenvalue weighted by Crippen LogP contribution is 2.21. The molecule has 0 saturated carbocycles. The zero-order chi connectivity index (χ0) is 13.9. The van der Waals surface area contributed by atoms with Crippen molar-refractivity contribution in [2.75, 3.05) is 5.32 Å². The highest BCUT2D eigenvalue weighted by Gasteiger charge is 2.05. The number of primary amides is 1. The highest BCUT2D eigenvalue weighted by molar-refractivity contribution is 5.90. The Morgan fingerprint density at radius 1 is 1.30 bits per heavy atom. The van der Waals surface area contributed by atoms with Crippen LogP contribution in [0.4, 0.5) is 11.5 Å². The standard InChI is InChI=1S/C13H12N6O/c14-12(20)7-19-6-9(5-17-19)18-13-10-3-1-2-4-11(10)15-8-16-13/h1-6,8H,7H2,(H2,14,20)(H,15,16,18). The maximum absolute atomic E-state index is 10.8. The number of anilines is 2. The van der Waals surface area contributed by atoms with E-state index in [4.69, 9.17) is 5.73 Å². The lowest BCUT2D eigenvalue weighted by Gasteiger charge is -2.05. The summed E-state index contributed by atoms with van der Waals surface area (Å²) in [6.07, 6.45) is 4.81. The molecule has 1 aromatic carbocycles. The molecule has 20 heavy (non-hydrogen) atoms. The number of carbonyl (C=O) groups is 1. The summed E-state index contributed by atoms with van der Waals surface area (Å²) in [5.74, 6) is 0.251. The molecule has 2 heterocycles. The van der Waals surface area contributed by atoms with Crippen LogP contribution in [0.3, 0.4) is 0 Å². The van der Waals surface area contributed by atoms with Gasteiger partial charge in [-0.1, -0.05) is 12.1 Å². The molecule has 0 aliphatic carbocycles. The minimum absolute atomic E-state index is 0.0478. The molecule has 3 N–H and O–H groups in total. The van der Waals surface area contributed by atoms with E-state index in [2.05, 4.69) is 20.4 Å². The van der Waals surface area contributed by atoms with Crippen molar-refractivity contribution in [3.63, 3.8) is 0 Å². The first-order valence-corrected chi connectivity index (χ1v) is 6.00. The largest absolute Gasteiger partial charge is 0.368 e. The van der Waals surface area contributed by atoms with Crippen LogP contribution in [-0.2, 0) is 11.3 Å². The van der Waals surface area contributed by atoms with Crippen molar-refractivity contribution >= 4 is 28.3 Å². The normalized spacial score (nSPS) is 10.6. The number of benzene rings is 1. The van der Waals surface area contributed by atoms with Gasteiger partial charge in [0.15, 0.2) is 0 Å². The second-order valence-corrected chi connectivity index (χ2v) is 4.26. The maximum Gasteiger partial charge on any atom is 0.239 e. The van der Waals surface area contributed by atoms with Gasteiger partial charge in [0.1, 0.15) is 18.7 Å². The summed E-state index contributed by atoms with van der Waals surface area (Å²) in [7, 11) is 0. The second kappa shape index (κ2) is 4.96. The van der Waals surface area contributed by atoms with Crippen LogP contribution in [0.2, 0.25) is 0 Å². The Balaban J connectivity index is 1.89. The Morgan fingerprint density at radius 2 is 2.15 bits per heavy atom. The van der Waals surface area contributed by atoms with E-state index in [-0.39, 0.29) is 6.54 Å². The Labute approximate surface area is 114 Å². The molecule has 0 aliphatic heterocycles. The number of nitrogens with one attached hydrogen (secondary N) is 1. The van der Waals surface area contributed by atoms with Crippen molar-refractivity contribution in [1.82, 2.24) is 19.7 Å². The van der Waals surface area contributed by atoms with E-state index < -0.39 is 5.91 Å². The van der Waals surface area contributed by atoms with Crippen molar-refractivity contribution in [2.24, 2.45) is 5.73 Å². The van der Waals surface area contributed by atoms with E-state index in [1.807, 2.05) is 24.3 Å². The second-order valence-electron chi connectivity index (χ2n) is 4.26. The number of nitrogens with zero attached hydrogens (tertiary/aromatic N) is 4. The topological polar surface area (TPSA) is 98.7 Å². The molecular weight excluding hydrogens is 256 g/mol. The molecule has 0 radical (unpaired) electrons. The first-order chi connectivity index (χ1) is 9.72. The zero-order valence-corrected chi connectivity index (χ0v) is 10.5. The summed E-state index contributed by atoms with van der Waals surface area (Å²) in [6.45, 7) is 0.0478. The first kappa shape index (κ1) is 12.1. The van der Waals surface area contributed by atoms with Crippen LogP contribution in [0, 0.1) is 0 Å². The van der Waals surface area contributed by atoms with Gasteiger partial charge < -0.3 is 11.1 Å². The summed E-state index contributed by atoms with van der Waals surface area (Å²) in [5.41, 5.74) is 6.71. The van der Waals surface area contributed by atoms with Crippen LogP contribution in [0.5, 0.6) is 0 Å². The molecule has 0 spiro atoms. The number of nitrogens with two attached hydrogens (primary N) is 1. The number of carbonyl (C=O) groups excluding carboxylic acids is 1. The monoisotopic (exact) mass is 268 g/mol. The summed E-state index contributed by atoms with van der Waals surface area (Å²) < 4.78 is 1.47. The number of amides is 1. The van der Waals surface area contributed by atoms with Gasteiger partial charge >= 0.3 is 0 Å². The molecule has 2 aromatic heterocycles. The predicted molar refractivity (Wildman–Crippen MR) is 74.2 cm³/mol. The van der Waals surface area contributed by atoms with Gasteiger partial charge in [0.2, 0.25) is 5.91 Å². The number of hydrogen-bond acceptors (Lipinski definition) is 5. The minimum Gasteiger partial charge on any atom is -0.368 e. The number of rotatable bonds is 4. The molecule has 0 atom stereocenters. The zero-order valence-electron chi connectivity index (χ0n) is 10.5. The van der Waals surface area contributed by atoms with Crippen LogP contribution < -0.4 is 11.1 Å². The molecule has 0 unspecified atom stereocenters. The molecule has 0 bridgehead atoms. The highest BCUT2D eigenvalue weighted by atomic mass is 16.1. The Kier molecular flexibility index (Phi) is 3.00. The molecule has 0 fully saturated rings. The number of hydrogen-bond donors (Lipinski definition) is 2. The lowest BCUT2D eigenvalue weighted by atomic mass is 10.2. The lowest BCUT2D eigenvalue weighted by molar-refractivity contribution is -0.118. The Hall–Kier alpha value is -2.96. The third kappa shape index (κ3) is 2.41. The molecule has 7 heteroatoms. The Bertz CT molecular complexity index is 761. The third-order valence-electron chi connectivity index (χ3n) is 2.76. The van der Waals surface area contributed by atoms with Gasteiger partial charge in [-0.05, 0) is 12.1 Å². The quantitative estimate of drug-likeness (QED) is 0.737. The van der Waals surface area contributed by atoms with E-state index in [0.717, 1.165) is 16.6 Å². The van der Waals surface area contributed by atoms with Gasteiger partial charge in [-0.3, -0.25) is 9.48 Å². The first-order valence-electron chi connectivity index (χ1n) is 6.00. The van der Waals surface area contributed by atoms with E-state index in [1.165, 1.54) is 11.0 Å². The average Bonchev–Trinajstić information content (AvgIpc) is 2.86. The molecule has 0 aliphatic rings. The van der Waals surface area contributed by atoms with Gasteiger partial charge in [0.25, 0.3) is 0 Å². The fourth-order valence-electron chi connectivity index (χ4n) is 1.92. The lowest BCUT2D eigenvalue weighted by Crippen LogP contribution is -2.18. The van der Waals surface area contributed by atoms with Gasteiger partial charge in [0, 0.05) is 11.6 Å². The maximum atomic E-state index is 10.8. The molecule has 3 aromatic rings. The SMILES string of the molecule is NC(=O)Cn1cc(Nc2ncnc3ccccc23)cn1. The predicted octanol–water partition coefficient (Wildman–Crippen LogP) is 1.06. The van der Waals surface area contributed by atoms with E-state index in [1.54, 1.807) is 12.4 Å². The van der Waals surface area contributed by atoms with Gasteiger partial charge in [0.05, 0.1) is 17.4 Å². The van der Waals surface area contributed by atoms with Crippen LogP contribution in [0.15, 0.2) is 43.0 Å². The summed E-state index contributed by atoms with van der Waals surface area (Å²) in [6, 6.07) is 7.70. The number of fused-ring (bicyclic) bond motifs is 1. The molecule has 1 amide bonds. The minimum atomic E-state index is -0.438. The Morgan fingerprint density at radius 3 is 3.00 bits per heavy atom. The van der Waals surface area contributed by atoms with E-state index >= 15 is 0 Å². The molecule has 0 saturated heterocycles. The number of aromatic nitrogens is 4. The van der Waals surface area contributed by atoms with Crippen molar-refractivity contribution in [3.05, 3.63) is 43.0 Å². The summed E-state index contributed by atoms with van der Waals surface area (Å²) >= 11 is 0. The van der Waals surface area contributed by atoms with E-state index in [9.17, 15) is 4.79 Å². The van der Waals surface area contributed by atoms with Crippen LogP contribution in [0.1, 0.15) is 0 Å². The molecule has 7 nitrogen and oxygen atoms in total. The van der Waals surface area contributed by atoms with Crippen molar-refractivity contribution in [3.8, 4) is 0 Å². The summed E-state index contributed by atoms with van der Waals surface area (Å²) in [4.78, 5) is 19.2. The smallest absolute Gasteiger partial charge is 0.239 e. The van der Waals surface area contributed by atoms with Crippen LogP contribution >= 0.6 is 0 Å². The number of para-hydroxylation sites is 1. The average molecular weight is 268 g/mol. The summed E-state index contributed by atoms with van der Waals surface area (Å²) in [5, 5.41) is 8.11. The van der Waals surface area contributed by atoms with Crippen molar-refractivity contribution in [1.29, 1.82) is 0 Å². The van der Waals surface area contributed by atoms with Gasteiger partial charge in [-0.2, -0.15) is 5.10 Å². The van der Waals surface area contributed by atoms with Crippen molar-refractivity contribution < 1.29 is 4.79 Å².